The van der Waals surface area contributed by atoms with Crippen LogP contribution in [0.1, 0.15) is 38.1 Å². The van der Waals surface area contributed by atoms with E-state index in [2.05, 4.69) is 27.3 Å². The van der Waals surface area contributed by atoms with Gasteiger partial charge in [-0.05, 0) is 39.3 Å². The molecule has 0 unspecified atom stereocenters. The fourth-order valence-electron chi connectivity index (χ4n) is 2.40. The number of esters is 1. The lowest BCUT2D eigenvalue weighted by Crippen LogP contribution is -2.36. The molecule has 0 bridgehead atoms. The zero-order valence-electron chi connectivity index (χ0n) is 12.8. The molecule has 1 aromatic heterocycles. The van der Waals surface area contributed by atoms with Crippen LogP contribution in [-0.4, -0.2) is 47.3 Å². The topological polar surface area (TPSA) is 67.4 Å². The summed E-state index contributed by atoms with van der Waals surface area (Å²) in [5, 5.41) is 13.5. The Labute approximate surface area is 129 Å². The molecule has 21 heavy (non-hydrogen) atoms. The molecule has 0 amide bonds. The summed E-state index contributed by atoms with van der Waals surface area (Å²) in [6.45, 7) is 8.04. The van der Waals surface area contributed by atoms with E-state index < -0.39 is 0 Å². The van der Waals surface area contributed by atoms with Crippen molar-refractivity contribution in [2.45, 2.75) is 39.7 Å². The lowest BCUT2D eigenvalue weighted by atomic mass is 9.97. The van der Waals surface area contributed by atoms with Crippen LogP contribution >= 0.6 is 11.3 Å². The van der Waals surface area contributed by atoms with Crippen molar-refractivity contribution in [3.63, 3.8) is 0 Å². The Hall–Kier alpha value is -1.21. The van der Waals surface area contributed by atoms with E-state index >= 15 is 0 Å². The lowest BCUT2D eigenvalue weighted by Gasteiger charge is -2.29. The van der Waals surface area contributed by atoms with Gasteiger partial charge in [-0.2, -0.15) is 0 Å². The number of nitrogens with one attached hydrogen (secondary N) is 1. The number of rotatable bonds is 7. The molecule has 1 N–H and O–H groups in total. The van der Waals surface area contributed by atoms with Gasteiger partial charge in [-0.1, -0.05) is 18.3 Å². The molecule has 0 aliphatic carbocycles. The molecule has 1 aliphatic heterocycles. The first-order valence-corrected chi connectivity index (χ1v) is 8.49. The van der Waals surface area contributed by atoms with E-state index in [9.17, 15) is 4.79 Å². The Morgan fingerprint density at radius 1 is 1.38 bits per heavy atom. The van der Waals surface area contributed by atoms with Gasteiger partial charge in [0.25, 0.3) is 0 Å². The van der Waals surface area contributed by atoms with Crippen molar-refractivity contribution in [2.75, 3.05) is 31.6 Å². The maximum atomic E-state index is 11.7. The third-order valence-electron chi connectivity index (χ3n) is 3.56. The molecule has 0 aromatic carbocycles. The average molecular weight is 312 g/mol. The summed E-state index contributed by atoms with van der Waals surface area (Å²) in [6, 6.07) is 0. The predicted molar refractivity (Wildman–Crippen MR) is 83.3 cm³/mol. The second kappa shape index (κ2) is 8.29. The largest absolute Gasteiger partial charge is 0.466 e. The zero-order chi connectivity index (χ0) is 15.1. The van der Waals surface area contributed by atoms with Gasteiger partial charge in [-0.15, -0.1) is 10.2 Å². The monoisotopic (exact) mass is 312 g/mol. The molecule has 0 saturated carbocycles. The third-order valence-corrected chi connectivity index (χ3v) is 4.43. The number of nitrogens with zero attached hydrogens (tertiary/aromatic N) is 3. The first kappa shape index (κ1) is 16.2. The van der Waals surface area contributed by atoms with E-state index in [-0.39, 0.29) is 11.9 Å². The number of hydrogen-bond acceptors (Lipinski definition) is 7. The van der Waals surface area contributed by atoms with Gasteiger partial charge in [-0.3, -0.25) is 9.69 Å². The number of carbonyl (C=O) groups is 1. The minimum atomic E-state index is -0.0425. The molecule has 0 spiro atoms. The van der Waals surface area contributed by atoms with Crippen molar-refractivity contribution in [3.05, 3.63) is 5.01 Å². The summed E-state index contributed by atoms with van der Waals surface area (Å²) in [5.41, 5.74) is 0. The number of anilines is 1. The molecule has 1 saturated heterocycles. The van der Waals surface area contributed by atoms with E-state index in [1.54, 1.807) is 11.3 Å². The van der Waals surface area contributed by atoms with Crippen molar-refractivity contribution in [1.29, 1.82) is 0 Å². The van der Waals surface area contributed by atoms with Crippen molar-refractivity contribution >= 4 is 22.4 Å². The summed E-state index contributed by atoms with van der Waals surface area (Å²) >= 11 is 1.62. The number of piperidine rings is 1. The van der Waals surface area contributed by atoms with Crippen LogP contribution in [0.15, 0.2) is 0 Å². The Balaban J connectivity index is 1.75. The Bertz CT molecular complexity index is 444. The van der Waals surface area contributed by atoms with Gasteiger partial charge in [0.05, 0.1) is 19.1 Å². The van der Waals surface area contributed by atoms with Gasteiger partial charge in [0.15, 0.2) is 0 Å². The van der Waals surface area contributed by atoms with Gasteiger partial charge in [-0.25, -0.2) is 0 Å². The molecule has 1 aromatic rings. The SMILES string of the molecule is CCCNc1nnc(CN2CCC(C(=O)OCC)CC2)s1. The van der Waals surface area contributed by atoms with Crippen LogP contribution in [-0.2, 0) is 16.1 Å². The highest BCUT2D eigenvalue weighted by atomic mass is 32.1. The molecule has 2 rings (SSSR count). The highest BCUT2D eigenvalue weighted by Crippen LogP contribution is 2.22. The van der Waals surface area contributed by atoms with Gasteiger partial charge in [0.2, 0.25) is 5.13 Å². The fraction of sp³-hybridized carbons (Fsp3) is 0.786. The third kappa shape index (κ3) is 4.93. The molecule has 1 aliphatic rings. The number of aromatic nitrogens is 2. The van der Waals surface area contributed by atoms with Crippen molar-refractivity contribution in [1.82, 2.24) is 15.1 Å². The molecule has 1 fully saturated rings. The Morgan fingerprint density at radius 3 is 2.81 bits per heavy atom. The highest BCUT2D eigenvalue weighted by molar-refractivity contribution is 7.15. The second-order valence-corrected chi connectivity index (χ2v) is 6.29. The molecular formula is C14H24N4O2S. The number of likely N-dealkylation sites (tertiary alicyclic amines) is 1. The average Bonchev–Trinajstić information content (AvgIpc) is 2.93. The molecule has 0 atom stereocenters. The standard InChI is InChI=1S/C14H24N4O2S/c1-3-7-15-14-17-16-12(21-14)10-18-8-5-11(6-9-18)13(19)20-4-2/h11H,3-10H2,1-2H3,(H,15,17). The van der Waals surface area contributed by atoms with Crippen LogP contribution in [0.3, 0.4) is 0 Å². The Kier molecular flexibility index (Phi) is 6.38. The normalized spacial score (nSPS) is 16.9. The molecule has 2 heterocycles. The van der Waals surface area contributed by atoms with E-state index in [4.69, 9.17) is 4.74 Å². The highest BCUT2D eigenvalue weighted by Gasteiger charge is 2.26. The van der Waals surface area contributed by atoms with Gasteiger partial charge >= 0.3 is 5.97 Å². The summed E-state index contributed by atoms with van der Waals surface area (Å²) in [6.07, 6.45) is 2.83. The van der Waals surface area contributed by atoms with E-state index in [1.165, 1.54) is 0 Å². The van der Waals surface area contributed by atoms with Crippen molar-refractivity contribution in [2.24, 2.45) is 5.92 Å². The van der Waals surface area contributed by atoms with E-state index in [0.717, 1.165) is 55.6 Å². The first-order valence-electron chi connectivity index (χ1n) is 7.68. The molecule has 6 nitrogen and oxygen atoms in total. The lowest BCUT2D eigenvalue weighted by molar-refractivity contribution is -0.149. The van der Waals surface area contributed by atoms with E-state index in [1.807, 2.05) is 6.92 Å². The quantitative estimate of drug-likeness (QED) is 0.778. The summed E-state index contributed by atoms with van der Waals surface area (Å²) in [5.74, 6) is 0.0246. The first-order chi connectivity index (χ1) is 10.2. The van der Waals surface area contributed by atoms with Crippen LogP contribution in [0.25, 0.3) is 0 Å². The molecule has 118 valence electrons. The van der Waals surface area contributed by atoms with Crippen LogP contribution in [0, 0.1) is 5.92 Å². The van der Waals surface area contributed by atoms with Crippen molar-refractivity contribution < 1.29 is 9.53 Å². The van der Waals surface area contributed by atoms with E-state index in [0.29, 0.717) is 6.61 Å². The van der Waals surface area contributed by atoms with Gasteiger partial charge in [0, 0.05) is 6.54 Å². The van der Waals surface area contributed by atoms with Gasteiger partial charge in [0.1, 0.15) is 5.01 Å². The Morgan fingerprint density at radius 2 is 2.14 bits per heavy atom. The number of carbonyl (C=O) groups excluding carboxylic acids is 1. The summed E-state index contributed by atoms with van der Waals surface area (Å²) in [7, 11) is 0. The van der Waals surface area contributed by atoms with Crippen LogP contribution in [0.5, 0.6) is 0 Å². The maximum absolute atomic E-state index is 11.7. The zero-order valence-corrected chi connectivity index (χ0v) is 13.6. The minimum Gasteiger partial charge on any atom is -0.466 e. The number of ether oxygens (including phenoxy) is 1. The summed E-state index contributed by atoms with van der Waals surface area (Å²) < 4.78 is 5.09. The molecular weight excluding hydrogens is 288 g/mol. The smallest absolute Gasteiger partial charge is 0.309 e. The number of hydrogen-bond donors (Lipinski definition) is 1. The maximum Gasteiger partial charge on any atom is 0.309 e. The fourth-order valence-corrected chi connectivity index (χ4v) is 3.21. The van der Waals surface area contributed by atoms with Crippen LogP contribution in [0.2, 0.25) is 0 Å². The molecule has 0 radical (unpaired) electrons. The summed E-state index contributed by atoms with van der Waals surface area (Å²) in [4.78, 5) is 14.0. The molecule has 7 heteroatoms. The van der Waals surface area contributed by atoms with Crippen LogP contribution < -0.4 is 5.32 Å². The van der Waals surface area contributed by atoms with Crippen molar-refractivity contribution in [3.8, 4) is 0 Å². The predicted octanol–water partition coefficient (Wildman–Crippen LogP) is 2.14. The minimum absolute atomic E-state index is 0.0425. The van der Waals surface area contributed by atoms with Crippen LogP contribution in [0.4, 0.5) is 5.13 Å². The second-order valence-electron chi connectivity index (χ2n) is 5.23. The van der Waals surface area contributed by atoms with Gasteiger partial charge < -0.3 is 10.1 Å².